The lowest BCUT2D eigenvalue weighted by molar-refractivity contribution is 0.0524. The molecule has 0 bridgehead atoms. The molecule has 2 aromatic rings. The number of nitrogens with zero attached hydrogens (tertiary/aromatic N) is 3. The molecule has 7 heteroatoms. The second-order valence-electron chi connectivity index (χ2n) is 4.55. The van der Waals surface area contributed by atoms with Crippen LogP contribution in [-0.4, -0.2) is 39.2 Å². The van der Waals surface area contributed by atoms with E-state index in [4.69, 9.17) is 4.74 Å². The van der Waals surface area contributed by atoms with E-state index >= 15 is 0 Å². The lowest BCUT2D eigenvalue weighted by Gasteiger charge is -2.16. The first kappa shape index (κ1) is 15.8. The summed E-state index contributed by atoms with van der Waals surface area (Å²) in [6.07, 6.45) is 3.06. The zero-order valence-electron chi connectivity index (χ0n) is 12.5. The van der Waals surface area contributed by atoms with Crippen molar-refractivity contribution in [1.82, 2.24) is 15.0 Å². The van der Waals surface area contributed by atoms with Gasteiger partial charge in [-0.3, -0.25) is 4.98 Å². The molecule has 2 aromatic heterocycles. The molecule has 0 saturated heterocycles. The lowest BCUT2D eigenvalue weighted by atomic mass is 10.2. The summed E-state index contributed by atoms with van der Waals surface area (Å²) in [5, 5.41) is 12.5. The number of anilines is 1. The summed E-state index contributed by atoms with van der Waals surface area (Å²) in [5.74, 6) is -0.134. The highest BCUT2D eigenvalue weighted by molar-refractivity contribution is 5.90. The summed E-state index contributed by atoms with van der Waals surface area (Å²) in [6, 6.07) is 5.01. The molecular weight excluding hydrogens is 284 g/mol. The van der Waals surface area contributed by atoms with Crippen molar-refractivity contribution in [3.05, 3.63) is 47.5 Å². The Hall–Kier alpha value is -2.54. The van der Waals surface area contributed by atoms with Gasteiger partial charge in [0.2, 0.25) is 5.95 Å². The van der Waals surface area contributed by atoms with E-state index < -0.39 is 12.0 Å². The van der Waals surface area contributed by atoms with Crippen molar-refractivity contribution in [3.8, 4) is 0 Å². The number of aliphatic hydroxyl groups is 1. The van der Waals surface area contributed by atoms with Crippen molar-refractivity contribution in [3.63, 3.8) is 0 Å². The minimum absolute atomic E-state index is 0.154. The van der Waals surface area contributed by atoms with Crippen molar-refractivity contribution < 1.29 is 14.6 Å². The molecule has 7 nitrogen and oxygen atoms in total. The number of carbonyl (C=O) groups is 1. The first-order valence-corrected chi connectivity index (χ1v) is 6.94. The Kier molecular flexibility index (Phi) is 5.37. The fraction of sp³-hybridized carbons (Fsp3) is 0.333. The van der Waals surface area contributed by atoms with Crippen LogP contribution in [0.2, 0.25) is 0 Å². The van der Waals surface area contributed by atoms with E-state index in [1.54, 1.807) is 32.2 Å². The molecule has 0 aromatic carbocycles. The van der Waals surface area contributed by atoms with Gasteiger partial charge in [-0.15, -0.1) is 0 Å². The zero-order valence-corrected chi connectivity index (χ0v) is 12.5. The number of aliphatic hydroxyl groups excluding tert-OH is 1. The Morgan fingerprint density at radius 3 is 2.82 bits per heavy atom. The highest BCUT2D eigenvalue weighted by Gasteiger charge is 2.16. The molecule has 2 heterocycles. The fourth-order valence-electron chi connectivity index (χ4n) is 1.90. The lowest BCUT2D eigenvalue weighted by Crippen LogP contribution is -2.18. The van der Waals surface area contributed by atoms with Crippen molar-refractivity contribution in [2.24, 2.45) is 0 Å². The molecular formula is C15H18N4O3. The first-order chi connectivity index (χ1) is 10.7. The first-order valence-electron chi connectivity index (χ1n) is 6.94. The molecule has 2 N–H and O–H groups in total. The summed E-state index contributed by atoms with van der Waals surface area (Å²) >= 11 is 0. The average Bonchev–Trinajstić information content (AvgIpc) is 2.53. The topological polar surface area (TPSA) is 97.2 Å². The number of esters is 1. The van der Waals surface area contributed by atoms with Crippen LogP contribution in [0.15, 0.2) is 30.6 Å². The van der Waals surface area contributed by atoms with E-state index in [0.717, 1.165) is 0 Å². The molecule has 0 aliphatic heterocycles. The summed E-state index contributed by atoms with van der Waals surface area (Å²) in [5.41, 5.74) is 1.51. The third-order valence-corrected chi connectivity index (χ3v) is 3.01. The van der Waals surface area contributed by atoms with Gasteiger partial charge in [0.1, 0.15) is 0 Å². The second kappa shape index (κ2) is 7.46. The van der Waals surface area contributed by atoms with Crippen molar-refractivity contribution in [1.29, 1.82) is 0 Å². The van der Waals surface area contributed by atoms with Gasteiger partial charge < -0.3 is 15.2 Å². The minimum Gasteiger partial charge on any atom is -0.462 e. The predicted octanol–water partition coefficient (Wildman–Crippen LogP) is 1.50. The van der Waals surface area contributed by atoms with Crippen molar-refractivity contribution >= 4 is 11.9 Å². The number of hydrogen-bond acceptors (Lipinski definition) is 7. The van der Waals surface area contributed by atoms with Crippen LogP contribution in [0.5, 0.6) is 0 Å². The number of hydrogen-bond donors (Lipinski definition) is 2. The zero-order chi connectivity index (χ0) is 15.9. The molecule has 0 aliphatic rings. The summed E-state index contributed by atoms with van der Waals surface area (Å²) in [6.45, 7) is 3.58. The largest absolute Gasteiger partial charge is 0.462 e. The van der Waals surface area contributed by atoms with Crippen molar-refractivity contribution in [2.75, 3.05) is 18.5 Å². The number of aryl methyl sites for hydroxylation is 1. The maximum Gasteiger partial charge on any atom is 0.341 e. The van der Waals surface area contributed by atoms with E-state index in [1.165, 1.54) is 6.20 Å². The van der Waals surface area contributed by atoms with Gasteiger partial charge in [-0.2, -0.15) is 0 Å². The molecule has 22 heavy (non-hydrogen) atoms. The molecule has 1 unspecified atom stereocenters. The van der Waals surface area contributed by atoms with Crippen LogP contribution in [-0.2, 0) is 4.74 Å². The van der Waals surface area contributed by atoms with Gasteiger partial charge >= 0.3 is 5.97 Å². The molecule has 1 atom stereocenters. The van der Waals surface area contributed by atoms with E-state index in [0.29, 0.717) is 29.5 Å². The monoisotopic (exact) mass is 302 g/mol. The number of ether oxygens (including phenoxy) is 1. The Balaban J connectivity index is 2.16. The Morgan fingerprint density at radius 2 is 2.23 bits per heavy atom. The average molecular weight is 302 g/mol. The smallest absolute Gasteiger partial charge is 0.341 e. The number of rotatable bonds is 6. The molecule has 2 rings (SSSR count). The van der Waals surface area contributed by atoms with Gasteiger partial charge in [0.25, 0.3) is 0 Å². The van der Waals surface area contributed by atoms with Crippen LogP contribution in [0.4, 0.5) is 5.95 Å². The molecule has 116 valence electrons. The second-order valence-corrected chi connectivity index (χ2v) is 4.55. The van der Waals surface area contributed by atoms with Crippen LogP contribution >= 0.6 is 0 Å². The number of pyridine rings is 1. The number of nitrogens with one attached hydrogen (secondary N) is 1. The molecule has 0 amide bonds. The molecule has 0 aliphatic carbocycles. The normalized spacial score (nSPS) is 11.8. The van der Waals surface area contributed by atoms with Crippen LogP contribution in [0.25, 0.3) is 0 Å². The highest BCUT2D eigenvalue weighted by Crippen LogP contribution is 2.16. The van der Waals surface area contributed by atoms with E-state index in [9.17, 15) is 9.90 Å². The summed E-state index contributed by atoms with van der Waals surface area (Å²) in [4.78, 5) is 24.2. The van der Waals surface area contributed by atoms with Crippen LogP contribution < -0.4 is 5.32 Å². The fourth-order valence-corrected chi connectivity index (χ4v) is 1.90. The quantitative estimate of drug-likeness (QED) is 0.780. The molecule has 0 fully saturated rings. The van der Waals surface area contributed by atoms with Crippen molar-refractivity contribution in [2.45, 2.75) is 19.9 Å². The van der Waals surface area contributed by atoms with E-state index in [2.05, 4.69) is 20.3 Å². The maximum absolute atomic E-state index is 11.7. The van der Waals surface area contributed by atoms with Crippen LogP contribution in [0, 0.1) is 6.92 Å². The Labute approximate surface area is 128 Å². The van der Waals surface area contributed by atoms with Crippen LogP contribution in [0.3, 0.4) is 0 Å². The van der Waals surface area contributed by atoms with E-state index in [1.807, 2.05) is 6.07 Å². The van der Waals surface area contributed by atoms with E-state index in [-0.39, 0.29) is 6.61 Å². The van der Waals surface area contributed by atoms with Gasteiger partial charge in [-0.1, -0.05) is 6.07 Å². The van der Waals surface area contributed by atoms with Gasteiger partial charge in [-0.25, -0.2) is 14.8 Å². The van der Waals surface area contributed by atoms with Gasteiger partial charge in [0.05, 0.1) is 36.2 Å². The third kappa shape index (κ3) is 3.76. The summed E-state index contributed by atoms with van der Waals surface area (Å²) in [7, 11) is 0. The van der Waals surface area contributed by atoms with Gasteiger partial charge in [0.15, 0.2) is 0 Å². The molecule has 0 spiro atoms. The predicted molar refractivity (Wildman–Crippen MR) is 80.4 cm³/mol. The van der Waals surface area contributed by atoms with Crippen LogP contribution in [0.1, 0.15) is 34.7 Å². The molecule has 0 radical (unpaired) electrons. The number of aromatic nitrogens is 3. The Bertz CT molecular complexity index is 634. The highest BCUT2D eigenvalue weighted by atomic mass is 16.5. The van der Waals surface area contributed by atoms with Gasteiger partial charge in [0, 0.05) is 12.4 Å². The Morgan fingerprint density at radius 1 is 1.41 bits per heavy atom. The third-order valence-electron chi connectivity index (χ3n) is 3.01. The summed E-state index contributed by atoms with van der Waals surface area (Å²) < 4.78 is 4.93. The molecule has 0 saturated carbocycles. The minimum atomic E-state index is -0.449. The SMILES string of the molecule is CCOC(=O)c1cnc(NC(CO)c2ccccn2)nc1C. The standard InChI is InChI=1S/C15H18N4O3/c1-3-22-14(21)11-8-17-15(18-10(11)2)19-13(9-20)12-6-4-5-7-16-12/h4-8,13,20H,3,9H2,1-2H3,(H,17,18,19). The van der Waals surface area contributed by atoms with Gasteiger partial charge in [-0.05, 0) is 26.0 Å². The maximum atomic E-state index is 11.7. The number of carbonyl (C=O) groups excluding carboxylic acids is 1.